The molecule has 0 atom stereocenters. The smallest absolute Gasteiger partial charge is 0.243 e. The number of nitrogens with zero attached hydrogens (tertiary/aromatic N) is 2. The number of methoxy groups -OCH3 is 1. The molecule has 0 fully saturated rings. The molecular formula is C17H29IN4O2. The van der Waals surface area contributed by atoms with E-state index in [4.69, 9.17) is 4.74 Å². The lowest BCUT2D eigenvalue weighted by atomic mass is 10.1. The summed E-state index contributed by atoms with van der Waals surface area (Å²) in [4.78, 5) is 17.5. The van der Waals surface area contributed by atoms with Crippen molar-refractivity contribution in [2.75, 3.05) is 47.4 Å². The molecule has 0 bridgehead atoms. The van der Waals surface area contributed by atoms with E-state index in [1.807, 2.05) is 18.2 Å². The zero-order chi connectivity index (χ0) is 16.9. The number of hydrogen-bond acceptors (Lipinski definition) is 3. The molecule has 136 valence electrons. The minimum atomic E-state index is -0.0222. The summed E-state index contributed by atoms with van der Waals surface area (Å²) >= 11 is 0. The van der Waals surface area contributed by atoms with Crippen LogP contribution in [0, 0.1) is 0 Å². The summed E-state index contributed by atoms with van der Waals surface area (Å²) in [6.45, 7) is 2.34. The van der Waals surface area contributed by atoms with Gasteiger partial charge in [0.25, 0.3) is 0 Å². The fraction of sp³-hybridized carbons (Fsp3) is 0.529. The number of amides is 1. The van der Waals surface area contributed by atoms with Crippen molar-refractivity contribution >= 4 is 35.8 Å². The van der Waals surface area contributed by atoms with Crippen molar-refractivity contribution in [3.63, 3.8) is 0 Å². The highest BCUT2D eigenvalue weighted by Gasteiger charge is 2.04. The molecule has 0 saturated carbocycles. The van der Waals surface area contributed by atoms with E-state index in [0.717, 1.165) is 25.9 Å². The van der Waals surface area contributed by atoms with Gasteiger partial charge in [-0.15, -0.1) is 24.0 Å². The number of carbonyl (C=O) groups is 1. The van der Waals surface area contributed by atoms with E-state index in [0.29, 0.717) is 12.6 Å². The SMILES string of the molecule is COCCCNC(=NCC(=O)N(C)C)NCCc1ccccc1.I. The first kappa shape index (κ1) is 22.6. The number of guanidine groups is 1. The highest BCUT2D eigenvalue weighted by molar-refractivity contribution is 14.0. The van der Waals surface area contributed by atoms with Crippen LogP contribution in [-0.4, -0.2) is 64.2 Å². The van der Waals surface area contributed by atoms with Crippen LogP contribution in [0.25, 0.3) is 0 Å². The Bertz CT molecular complexity index is 481. The topological polar surface area (TPSA) is 66.0 Å². The van der Waals surface area contributed by atoms with Crippen LogP contribution in [0.1, 0.15) is 12.0 Å². The minimum absolute atomic E-state index is 0. The largest absolute Gasteiger partial charge is 0.385 e. The Kier molecular flexibility index (Phi) is 13.2. The monoisotopic (exact) mass is 448 g/mol. The lowest BCUT2D eigenvalue weighted by Gasteiger charge is -2.13. The number of carbonyl (C=O) groups excluding carboxylic acids is 1. The number of ether oxygens (including phenoxy) is 1. The molecule has 7 heteroatoms. The summed E-state index contributed by atoms with van der Waals surface area (Å²) in [6.07, 6.45) is 1.79. The third-order valence-corrected chi connectivity index (χ3v) is 3.24. The summed E-state index contributed by atoms with van der Waals surface area (Å²) in [7, 11) is 5.14. The molecule has 6 nitrogen and oxygen atoms in total. The molecule has 0 aromatic heterocycles. The maximum absolute atomic E-state index is 11.7. The molecule has 0 spiro atoms. The molecule has 0 aliphatic heterocycles. The summed E-state index contributed by atoms with van der Waals surface area (Å²) in [5.41, 5.74) is 1.27. The summed E-state index contributed by atoms with van der Waals surface area (Å²) in [5, 5.41) is 6.49. The van der Waals surface area contributed by atoms with Gasteiger partial charge in [0.1, 0.15) is 6.54 Å². The highest BCUT2D eigenvalue weighted by atomic mass is 127. The van der Waals surface area contributed by atoms with Crippen LogP contribution in [0.3, 0.4) is 0 Å². The molecule has 1 rings (SSSR count). The second-order valence-electron chi connectivity index (χ2n) is 5.39. The molecule has 0 aliphatic rings. The van der Waals surface area contributed by atoms with Gasteiger partial charge in [-0.3, -0.25) is 4.79 Å². The summed E-state index contributed by atoms with van der Waals surface area (Å²) < 4.78 is 5.03. The molecule has 24 heavy (non-hydrogen) atoms. The summed E-state index contributed by atoms with van der Waals surface area (Å²) in [6, 6.07) is 10.3. The van der Waals surface area contributed by atoms with Crippen LogP contribution in [-0.2, 0) is 16.0 Å². The van der Waals surface area contributed by atoms with Crippen molar-refractivity contribution in [3.05, 3.63) is 35.9 Å². The Hall–Kier alpha value is -1.35. The number of aliphatic imine (C=N–C) groups is 1. The van der Waals surface area contributed by atoms with Crippen molar-refractivity contribution in [1.29, 1.82) is 0 Å². The Morgan fingerprint density at radius 2 is 1.83 bits per heavy atom. The Labute approximate surface area is 162 Å². The van der Waals surface area contributed by atoms with Gasteiger partial charge in [0.15, 0.2) is 5.96 Å². The molecule has 0 heterocycles. The van der Waals surface area contributed by atoms with Gasteiger partial charge in [-0.2, -0.15) is 0 Å². The van der Waals surface area contributed by atoms with Crippen molar-refractivity contribution in [1.82, 2.24) is 15.5 Å². The van der Waals surface area contributed by atoms with Crippen LogP contribution < -0.4 is 10.6 Å². The van der Waals surface area contributed by atoms with Crippen LogP contribution in [0.5, 0.6) is 0 Å². The molecule has 0 radical (unpaired) electrons. The lowest BCUT2D eigenvalue weighted by Crippen LogP contribution is -2.40. The van der Waals surface area contributed by atoms with Crippen LogP contribution in [0.4, 0.5) is 0 Å². The minimum Gasteiger partial charge on any atom is -0.385 e. The zero-order valence-corrected chi connectivity index (χ0v) is 17.1. The van der Waals surface area contributed by atoms with Crippen molar-refractivity contribution < 1.29 is 9.53 Å². The van der Waals surface area contributed by atoms with E-state index in [9.17, 15) is 4.79 Å². The maximum atomic E-state index is 11.7. The number of nitrogens with one attached hydrogen (secondary N) is 2. The number of hydrogen-bond donors (Lipinski definition) is 2. The molecular weight excluding hydrogens is 419 g/mol. The van der Waals surface area contributed by atoms with E-state index in [-0.39, 0.29) is 36.4 Å². The molecule has 1 aromatic carbocycles. The summed E-state index contributed by atoms with van der Waals surface area (Å²) in [5.74, 6) is 0.637. The van der Waals surface area contributed by atoms with E-state index in [2.05, 4.69) is 27.8 Å². The van der Waals surface area contributed by atoms with Gasteiger partial charge in [-0.05, 0) is 18.4 Å². The Balaban J connectivity index is 0.00000529. The molecule has 0 saturated heterocycles. The first-order chi connectivity index (χ1) is 11.1. The Morgan fingerprint density at radius 1 is 1.17 bits per heavy atom. The normalized spacial score (nSPS) is 10.7. The fourth-order valence-corrected chi connectivity index (χ4v) is 1.86. The zero-order valence-electron chi connectivity index (χ0n) is 14.7. The molecule has 1 amide bonds. The van der Waals surface area contributed by atoms with E-state index in [1.54, 1.807) is 21.2 Å². The average Bonchev–Trinajstić information content (AvgIpc) is 2.56. The van der Waals surface area contributed by atoms with Crippen LogP contribution >= 0.6 is 24.0 Å². The second kappa shape index (κ2) is 14.0. The predicted octanol–water partition coefficient (Wildman–Crippen LogP) is 1.51. The van der Waals surface area contributed by atoms with Gasteiger partial charge < -0.3 is 20.3 Å². The van der Waals surface area contributed by atoms with E-state index in [1.165, 1.54) is 10.5 Å². The fourth-order valence-electron chi connectivity index (χ4n) is 1.86. The number of likely N-dealkylation sites (N-methyl/N-ethyl adjacent to an activating group) is 1. The molecule has 0 unspecified atom stereocenters. The van der Waals surface area contributed by atoms with Crippen molar-refractivity contribution in [3.8, 4) is 0 Å². The van der Waals surface area contributed by atoms with E-state index >= 15 is 0 Å². The highest BCUT2D eigenvalue weighted by Crippen LogP contribution is 1.98. The van der Waals surface area contributed by atoms with Crippen LogP contribution in [0.2, 0.25) is 0 Å². The van der Waals surface area contributed by atoms with Gasteiger partial charge in [0.2, 0.25) is 5.91 Å². The third-order valence-electron chi connectivity index (χ3n) is 3.24. The van der Waals surface area contributed by atoms with Crippen molar-refractivity contribution in [2.24, 2.45) is 4.99 Å². The quantitative estimate of drug-likeness (QED) is 0.260. The van der Waals surface area contributed by atoms with Crippen LogP contribution in [0.15, 0.2) is 35.3 Å². The maximum Gasteiger partial charge on any atom is 0.243 e. The number of benzene rings is 1. The Morgan fingerprint density at radius 3 is 2.46 bits per heavy atom. The lowest BCUT2D eigenvalue weighted by molar-refractivity contribution is -0.127. The first-order valence-corrected chi connectivity index (χ1v) is 7.88. The van der Waals surface area contributed by atoms with E-state index < -0.39 is 0 Å². The van der Waals surface area contributed by atoms with Gasteiger partial charge in [0, 0.05) is 40.9 Å². The average molecular weight is 448 g/mol. The number of rotatable bonds is 9. The van der Waals surface area contributed by atoms with Gasteiger partial charge >= 0.3 is 0 Å². The van der Waals surface area contributed by atoms with Gasteiger partial charge in [-0.1, -0.05) is 30.3 Å². The standard InChI is InChI=1S/C17H28N4O2.HI/c1-21(2)16(22)14-20-17(18-11-7-13-23-3)19-12-10-15-8-5-4-6-9-15;/h4-6,8-9H,7,10-14H2,1-3H3,(H2,18,19,20);1H. The molecule has 0 aliphatic carbocycles. The van der Waals surface area contributed by atoms with Crippen molar-refractivity contribution in [2.45, 2.75) is 12.8 Å². The first-order valence-electron chi connectivity index (χ1n) is 7.88. The van der Waals surface area contributed by atoms with Gasteiger partial charge in [0.05, 0.1) is 0 Å². The molecule has 1 aromatic rings. The second-order valence-corrected chi connectivity index (χ2v) is 5.39. The predicted molar refractivity (Wildman–Crippen MR) is 109 cm³/mol. The third kappa shape index (κ3) is 10.4. The van der Waals surface area contributed by atoms with Gasteiger partial charge in [-0.25, -0.2) is 4.99 Å². The molecule has 2 N–H and O–H groups in total. The number of halogens is 1.